The topological polar surface area (TPSA) is 63.4 Å². The minimum Gasteiger partial charge on any atom is -0.397 e. The lowest BCUT2D eigenvalue weighted by atomic mass is 10.3. The van der Waals surface area contributed by atoms with E-state index in [1.54, 1.807) is 6.07 Å². The van der Waals surface area contributed by atoms with Crippen molar-refractivity contribution in [2.24, 2.45) is 0 Å². The van der Waals surface area contributed by atoms with Gasteiger partial charge in [0.15, 0.2) is 0 Å². The third-order valence-corrected chi connectivity index (χ3v) is 4.85. The van der Waals surface area contributed by atoms with Gasteiger partial charge in [0.05, 0.1) is 11.4 Å². The second kappa shape index (κ2) is 5.30. The Kier molecular flexibility index (Phi) is 3.87. The number of anilines is 2. The molecule has 0 aliphatic carbocycles. The summed E-state index contributed by atoms with van der Waals surface area (Å²) in [6.07, 6.45) is 0. The summed E-state index contributed by atoms with van der Waals surface area (Å²) in [6.45, 7) is 0. The maximum atomic E-state index is 13.7. The van der Waals surface area contributed by atoms with Gasteiger partial charge in [-0.1, -0.05) is 23.7 Å². The molecule has 0 radical (unpaired) electrons. The normalized spacial score (nSPS) is 11.3. The molecule has 0 amide bonds. The highest BCUT2D eigenvalue weighted by Gasteiger charge is 2.25. The summed E-state index contributed by atoms with van der Waals surface area (Å²) in [5, 5.41) is 0.338. The number of hydrogen-bond acceptors (Lipinski definition) is 3. The number of nitrogens with two attached hydrogens (primary N) is 1. The highest BCUT2D eigenvalue weighted by atomic mass is 35.5. The average Bonchev–Trinajstić information content (AvgIpc) is 2.41. The lowest BCUT2D eigenvalue weighted by Crippen LogP contribution is -2.28. The largest absolute Gasteiger partial charge is 0.397 e. The van der Waals surface area contributed by atoms with Gasteiger partial charge in [0, 0.05) is 12.1 Å². The predicted molar refractivity (Wildman–Crippen MR) is 77.9 cm³/mol. The van der Waals surface area contributed by atoms with Crippen molar-refractivity contribution in [3.63, 3.8) is 0 Å². The lowest BCUT2D eigenvalue weighted by Gasteiger charge is -2.21. The summed E-state index contributed by atoms with van der Waals surface area (Å²) in [5.74, 6) is -0.819. The van der Waals surface area contributed by atoms with Gasteiger partial charge in [-0.25, -0.2) is 12.8 Å². The van der Waals surface area contributed by atoms with E-state index in [0.29, 0.717) is 5.02 Å². The summed E-state index contributed by atoms with van der Waals surface area (Å²) in [4.78, 5) is -0.415. The fourth-order valence-electron chi connectivity index (χ4n) is 1.72. The van der Waals surface area contributed by atoms with E-state index in [-0.39, 0.29) is 11.4 Å². The fraction of sp³-hybridized carbons (Fsp3) is 0.0769. The van der Waals surface area contributed by atoms with Crippen LogP contribution in [0.25, 0.3) is 0 Å². The SMILES string of the molecule is CN(c1cc(Cl)ccc1N)S(=O)(=O)c1ccccc1F. The van der Waals surface area contributed by atoms with Crippen LogP contribution in [0, 0.1) is 5.82 Å². The van der Waals surface area contributed by atoms with Crippen LogP contribution in [0.15, 0.2) is 47.4 Å². The smallest absolute Gasteiger partial charge is 0.267 e. The standard InChI is InChI=1S/C13H12ClFN2O2S/c1-17(12-8-9(14)6-7-11(12)16)20(18,19)13-5-3-2-4-10(13)15/h2-8H,16H2,1H3. The number of nitrogen functional groups attached to an aromatic ring is 1. The molecule has 106 valence electrons. The highest BCUT2D eigenvalue weighted by Crippen LogP contribution is 2.30. The van der Waals surface area contributed by atoms with Crippen LogP contribution in [0.5, 0.6) is 0 Å². The molecule has 2 rings (SSSR count). The Hall–Kier alpha value is -1.79. The lowest BCUT2D eigenvalue weighted by molar-refractivity contribution is 0.566. The second-order valence-corrected chi connectivity index (χ2v) is 6.48. The van der Waals surface area contributed by atoms with E-state index >= 15 is 0 Å². The molecule has 20 heavy (non-hydrogen) atoms. The van der Waals surface area contributed by atoms with Crippen molar-refractivity contribution in [3.8, 4) is 0 Å². The molecular weight excluding hydrogens is 303 g/mol. The molecule has 2 N–H and O–H groups in total. The first-order valence-electron chi connectivity index (χ1n) is 5.62. The number of hydrogen-bond donors (Lipinski definition) is 1. The molecular formula is C13H12ClFN2O2S. The first-order chi connectivity index (χ1) is 9.34. The number of benzene rings is 2. The van der Waals surface area contributed by atoms with Crippen LogP contribution in [0.1, 0.15) is 0 Å². The van der Waals surface area contributed by atoms with Crippen LogP contribution in [0.4, 0.5) is 15.8 Å². The summed E-state index contributed by atoms with van der Waals surface area (Å²) in [6, 6.07) is 9.60. The average molecular weight is 315 g/mol. The van der Waals surface area contributed by atoms with Gasteiger partial charge in [0.25, 0.3) is 10.0 Å². The van der Waals surface area contributed by atoms with Crippen LogP contribution in [-0.4, -0.2) is 15.5 Å². The minimum absolute atomic E-state index is 0.195. The molecule has 0 aromatic heterocycles. The van der Waals surface area contributed by atoms with Gasteiger partial charge in [0.2, 0.25) is 0 Å². The van der Waals surface area contributed by atoms with Crippen molar-refractivity contribution in [1.82, 2.24) is 0 Å². The Balaban J connectivity index is 2.55. The zero-order valence-corrected chi connectivity index (χ0v) is 12.1. The number of sulfonamides is 1. The van der Waals surface area contributed by atoms with Gasteiger partial charge in [-0.2, -0.15) is 0 Å². The first-order valence-corrected chi connectivity index (χ1v) is 7.44. The molecule has 0 saturated heterocycles. The zero-order valence-electron chi connectivity index (χ0n) is 10.5. The Morgan fingerprint density at radius 3 is 2.50 bits per heavy atom. The summed E-state index contributed by atoms with van der Waals surface area (Å²) >= 11 is 5.84. The molecule has 0 heterocycles. The molecule has 0 aliphatic rings. The summed E-state index contributed by atoms with van der Waals surface area (Å²) in [5.41, 5.74) is 6.17. The molecule has 0 atom stereocenters. The molecule has 2 aromatic rings. The molecule has 0 aliphatic heterocycles. The predicted octanol–water partition coefficient (Wildman–Crippen LogP) is 2.89. The maximum Gasteiger partial charge on any atom is 0.267 e. The fourth-order valence-corrected chi connectivity index (χ4v) is 3.16. The van der Waals surface area contributed by atoms with Crippen LogP contribution >= 0.6 is 11.6 Å². The highest BCUT2D eigenvalue weighted by molar-refractivity contribution is 7.92. The molecule has 0 fully saturated rings. The summed E-state index contributed by atoms with van der Waals surface area (Å²) < 4.78 is 39.4. The molecule has 0 bridgehead atoms. The molecule has 0 unspecified atom stereocenters. The van der Waals surface area contributed by atoms with Gasteiger partial charge in [-0.05, 0) is 30.3 Å². The van der Waals surface area contributed by atoms with Crippen molar-refractivity contribution in [1.29, 1.82) is 0 Å². The zero-order chi connectivity index (χ0) is 14.9. The van der Waals surface area contributed by atoms with E-state index in [1.165, 1.54) is 37.4 Å². The Labute approximate surface area is 121 Å². The minimum atomic E-state index is -4.04. The van der Waals surface area contributed by atoms with Gasteiger partial charge in [0.1, 0.15) is 10.7 Å². The van der Waals surface area contributed by atoms with E-state index in [9.17, 15) is 12.8 Å². The van der Waals surface area contributed by atoms with Crippen LogP contribution in [-0.2, 0) is 10.0 Å². The Morgan fingerprint density at radius 2 is 1.85 bits per heavy atom. The molecule has 0 saturated carbocycles. The van der Waals surface area contributed by atoms with Crippen LogP contribution < -0.4 is 10.0 Å². The van der Waals surface area contributed by atoms with Crippen molar-refractivity contribution in [2.45, 2.75) is 4.90 Å². The monoisotopic (exact) mass is 314 g/mol. The van der Waals surface area contributed by atoms with Crippen LogP contribution in [0.3, 0.4) is 0 Å². The van der Waals surface area contributed by atoms with E-state index in [4.69, 9.17) is 17.3 Å². The van der Waals surface area contributed by atoms with Gasteiger partial charge in [-0.15, -0.1) is 0 Å². The van der Waals surface area contributed by atoms with Crippen molar-refractivity contribution >= 4 is 33.0 Å². The van der Waals surface area contributed by atoms with Crippen molar-refractivity contribution in [2.75, 3.05) is 17.1 Å². The number of nitrogens with zero attached hydrogens (tertiary/aromatic N) is 1. The van der Waals surface area contributed by atoms with Crippen LogP contribution in [0.2, 0.25) is 5.02 Å². The maximum absolute atomic E-state index is 13.7. The van der Waals surface area contributed by atoms with Gasteiger partial charge >= 0.3 is 0 Å². The first kappa shape index (κ1) is 14.6. The van der Waals surface area contributed by atoms with E-state index in [2.05, 4.69) is 0 Å². The Morgan fingerprint density at radius 1 is 1.20 bits per heavy atom. The molecule has 4 nitrogen and oxygen atoms in total. The van der Waals surface area contributed by atoms with Crippen molar-refractivity contribution < 1.29 is 12.8 Å². The quantitative estimate of drug-likeness (QED) is 0.886. The van der Waals surface area contributed by atoms with E-state index in [0.717, 1.165) is 10.4 Å². The van der Waals surface area contributed by atoms with Gasteiger partial charge in [-0.3, -0.25) is 4.31 Å². The van der Waals surface area contributed by atoms with Crippen molar-refractivity contribution in [3.05, 3.63) is 53.3 Å². The second-order valence-electron chi connectivity index (χ2n) is 4.11. The van der Waals surface area contributed by atoms with Gasteiger partial charge < -0.3 is 5.73 Å². The van der Waals surface area contributed by atoms with E-state index < -0.39 is 20.7 Å². The third kappa shape index (κ3) is 2.57. The van der Waals surface area contributed by atoms with E-state index in [1.807, 2.05) is 0 Å². The number of halogens is 2. The molecule has 2 aromatic carbocycles. The Bertz CT molecular complexity index is 750. The summed E-state index contributed by atoms with van der Waals surface area (Å²) in [7, 11) is -2.75. The molecule has 0 spiro atoms. The molecule has 7 heteroatoms. The number of rotatable bonds is 3. The third-order valence-electron chi connectivity index (χ3n) is 2.81.